The van der Waals surface area contributed by atoms with E-state index < -0.39 is 5.60 Å². The SMILES string of the molecule is CCC(C)CC1(O)C2CCC1Cc1ccccc1C2. The number of benzene rings is 1. The summed E-state index contributed by atoms with van der Waals surface area (Å²) < 4.78 is 0. The van der Waals surface area contributed by atoms with E-state index in [1.54, 1.807) is 0 Å². The summed E-state index contributed by atoms with van der Waals surface area (Å²) in [5.41, 5.74) is 2.56. The molecule has 1 N–H and O–H groups in total. The lowest BCUT2D eigenvalue weighted by Gasteiger charge is -2.36. The quantitative estimate of drug-likeness (QED) is 0.869. The summed E-state index contributed by atoms with van der Waals surface area (Å²) in [6.45, 7) is 4.52. The summed E-state index contributed by atoms with van der Waals surface area (Å²) in [4.78, 5) is 0. The molecule has 1 aromatic carbocycles. The fourth-order valence-electron chi connectivity index (χ4n) is 4.32. The predicted molar refractivity (Wildman–Crippen MR) is 79.1 cm³/mol. The summed E-state index contributed by atoms with van der Waals surface area (Å²) in [6.07, 6.45) is 6.76. The first-order valence-corrected chi connectivity index (χ1v) is 7.92. The lowest BCUT2D eigenvalue weighted by molar-refractivity contribution is -0.0520. The minimum atomic E-state index is -0.408. The van der Waals surface area contributed by atoms with Gasteiger partial charge in [0.1, 0.15) is 0 Å². The van der Waals surface area contributed by atoms with Crippen molar-refractivity contribution in [2.75, 3.05) is 0 Å². The van der Waals surface area contributed by atoms with E-state index in [4.69, 9.17) is 0 Å². The van der Waals surface area contributed by atoms with Gasteiger partial charge in [-0.2, -0.15) is 0 Å². The van der Waals surface area contributed by atoms with Gasteiger partial charge in [0.25, 0.3) is 0 Å². The number of rotatable bonds is 3. The summed E-state index contributed by atoms with van der Waals surface area (Å²) >= 11 is 0. The molecule has 1 saturated carbocycles. The van der Waals surface area contributed by atoms with Gasteiger partial charge in [0.15, 0.2) is 0 Å². The number of fused-ring (bicyclic) bond motifs is 3. The Morgan fingerprint density at radius 1 is 1.16 bits per heavy atom. The van der Waals surface area contributed by atoms with Crippen LogP contribution in [0.25, 0.3) is 0 Å². The number of hydrogen-bond acceptors (Lipinski definition) is 1. The Morgan fingerprint density at radius 3 is 2.16 bits per heavy atom. The van der Waals surface area contributed by atoms with Crippen molar-refractivity contribution in [2.24, 2.45) is 17.8 Å². The third-order valence-corrected chi connectivity index (χ3v) is 5.70. The molecule has 1 fully saturated rings. The van der Waals surface area contributed by atoms with Crippen molar-refractivity contribution in [1.82, 2.24) is 0 Å². The van der Waals surface area contributed by atoms with E-state index in [9.17, 15) is 5.11 Å². The van der Waals surface area contributed by atoms with E-state index >= 15 is 0 Å². The molecule has 0 saturated heterocycles. The van der Waals surface area contributed by atoms with Gasteiger partial charge >= 0.3 is 0 Å². The highest BCUT2D eigenvalue weighted by Crippen LogP contribution is 2.50. The lowest BCUT2D eigenvalue weighted by Crippen LogP contribution is -2.41. The summed E-state index contributed by atoms with van der Waals surface area (Å²) in [7, 11) is 0. The van der Waals surface area contributed by atoms with E-state index in [1.165, 1.54) is 30.4 Å². The molecule has 0 spiro atoms. The van der Waals surface area contributed by atoms with Gasteiger partial charge in [-0.3, -0.25) is 0 Å². The van der Waals surface area contributed by atoms with Gasteiger partial charge in [0.2, 0.25) is 0 Å². The molecule has 0 heterocycles. The first-order valence-electron chi connectivity index (χ1n) is 7.92. The molecule has 2 aliphatic carbocycles. The fraction of sp³-hybridized carbons (Fsp3) is 0.667. The van der Waals surface area contributed by atoms with Crippen molar-refractivity contribution in [2.45, 2.75) is 58.0 Å². The number of aliphatic hydroxyl groups is 1. The van der Waals surface area contributed by atoms with Crippen molar-refractivity contribution in [1.29, 1.82) is 0 Å². The Morgan fingerprint density at radius 2 is 1.68 bits per heavy atom. The molecule has 0 aromatic heterocycles. The molecule has 1 aromatic rings. The molecule has 3 unspecified atom stereocenters. The van der Waals surface area contributed by atoms with Crippen LogP contribution in [-0.2, 0) is 12.8 Å². The Balaban J connectivity index is 1.90. The maximum Gasteiger partial charge on any atom is 0.0712 e. The summed E-state index contributed by atoms with van der Waals surface area (Å²) in [5, 5.41) is 11.3. The van der Waals surface area contributed by atoms with Crippen molar-refractivity contribution in [3.8, 4) is 0 Å². The van der Waals surface area contributed by atoms with Gasteiger partial charge in [0, 0.05) is 0 Å². The lowest BCUT2D eigenvalue weighted by atomic mass is 9.76. The second-order valence-corrected chi connectivity index (χ2v) is 6.86. The average Bonchev–Trinajstić information content (AvgIpc) is 2.60. The highest BCUT2D eigenvalue weighted by molar-refractivity contribution is 5.31. The zero-order chi connectivity index (χ0) is 13.5. The Labute approximate surface area is 117 Å². The standard InChI is InChI=1S/C18H26O/c1-3-13(2)12-18(19)16-8-9-17(18)11-15-7-5-4-6-14(15)10-16/h4-7,13,16-17,19H,3,8-12H2,1-2H3. The van der Waals surface area contributed by atoms with Crippen molar-refractivity contribution in [3.05, 3.63) is 35.4 Å². The molecule has 3 rings (SSSR count). The van der Waals surface area contributed by atoms with Crippen molar-refractivity contribution in [3.63, 3.8) is 0 Å². The van der Waals surface area contributed by atoms with Crippen molar-refractivity contribution < 1.29 is 5.11 Å². The van der Waals surface area contributed by atoms with Gasteiger partial charge in [-0.25, -0.2) is 0 Å². The molecule has 1 heteroatoms. The van der Waals surface area contributed by atoms with Crippen LogP contribution >= 0.6 is 0 Å². The third-order valence-electron chi connectivity index (χ3n) is 5.70. The topological polar surface area (TPSA) is 20.2 Å². The summed E-state index contributed by atoms with van der Waals surface area (Å²) in [5.74, 6) is 1.60. The smallest absolute Gasteiger partial charge is 0.0712 e. The van der Waals surface area contributed by atoms with Gasteiger partial charge in [-0.05, 0) is 61.0 Å². The maximum atomic E-state index is 11.3. The zero-order valence-corrected chi connectivity index (χ0v) is 12.2. The first-order chi connectivity index (χ1) is 9.13. The molecule has 0 amide bonds. The third kappa shape index (κ3) is 2.23. The Hall–Kier alpha value is -0.820. The molecule has 19 heavy (non-hydrogen) atoms. The largest absolute Gasteiger partial charge is 0.389 e. The van der Waals surface area contributed by atoms with E-state index in [0.29, 0.717) is 17.8 Å². The minimum Gasteiger partial charge on any atom is -0.389 e. The molecule has 1 nitrogen and oxygen atoms in total. The second-order valence-electron chi connectivity index (χ2n) is 6.86. The van der Waals surface area contributed by atoms with E-state index in [0.717, 1.165) is 19.3 Å². The van der Waals surface area contributed by atoms with Crippen LogP contribution in [0, 0.1) is 17.8 Å². The van der Waals surface area contributed by atoms with Crippen LogP contribution in [0.1, 0.15) is 50.7 Å². The molecule has 0 aliphatic heterocycles. The van der Waals surface area contributed by atoms with Crippen LogP contribution < -0.4 is 0 Å². The van der Waals surface area contributed by atoms with Crippen LogP contribution in [0.3, 0.4) is 0 Å². The van der Waals surface area contributed by atoms with E-state index in [1.807, 2.05) is 0 Å². The highest BCUT2D eigenvalue weighted by atomic mass is 16.3. The van der Waals surface area contributed by atoms with E-state index in [2.05, 4.69) is 38.1 Å². The van der Waals surface area contributed by atoms with Gasteiger partial charge in [-0.1, -0.05) is 44.5 Å². The highest BCUT2D eigenvalue weighted by Gasteiger charge is 2.50. The predicted octanol–water partition coefficient (Wildman–Crippen LogP) is 3.98. The van der Waals surface area contributed by atoms with Crippen LogP contribution in [0.5, 0.6) is 0 Å². The molecule has 2 bridgehead atoms. The Kier molecular flexibility index (Phi) is 3.42. The Bertz CT molecular complexity index is 418. The molecule has 104 valence electrons. The van der Waals surface area contributed by atoms with E-state index in [-0.39, 0.29) is 0 Å². The maximum absolute atomic E-state index is 11.3. The molecular formula is C18H26O. The zero-order valence-electron chi connectivity index (χ0n) is 12.2. The molecular weight excluding hydrogens is 232 g/mol. The average molecular weight is 258 g/mol. The minimum absolute atomic E-state index is 0.408. The molecule has 3 atom stereocenters. The monoisotopic (exact) mass is 258 g/mol. The van der Waals surface area contributed by atoms with Crippen LogP contribution in [0.15, 0.2) is 24.3 Å². The first kappa shape index (κ1) is 13.2. The molecule has 0 radical (unpaired) electrons. The second kappa shape index (κ2) is 4.94. The molecule has 2 aliphatic rings. The van der Waals surface area contributed by atoms with Crippen molar-refractivity contribution >= 4 is 0 Å². The van der Waals surface area contributed by atoms with Gasteiger partial charge < -0.3 is 5.11 Å². The van der Waals surface area contributed by atoms with Crippen LogP contribution in [-0.4, -0.2) is 10.7 Å². The van der Waals surface area contributed by atoms with Crippen LogP contribution in [0.2, 0.25) is 0 Å². The summed E-state index contributed by atoms with van der Waals surface area (Å²) in [6, 6.07) is 8.82. The normalized spacial score (nSPS) is 34.7. The van der Waals surface area contributed by atoms with Gasteiger partial charge in [0.05, 0.1) is 5.60 Å². The fourth-order valence-corrected chi connectivity index (χ4v) is 4.32. The van der Waals surface area contributed by atoms with Gasteiger partial charge in [-0.15, -0.1) is 0 Å². The number of hydrogen-bond donors (Lipinski definition) is 1. The van der Waals surface area contributed by atoms with Crippen LogP contribution in [0.4, 0.5) is 0 Å².